The highest BCUT2D eigenvalue weighted by atomic mass is 35.5. The Balaban J connectivity index is 1.67. The fourth-order valence-electron chi connectivity index (χ4n) is 2.54. The SMILES string of the molecule is ClCCc1nc2cc(Cl)ccc2n1CCCOCC1CC1. The number of fused-ring (bicyclic) bond motifs is 1. The fraction of sp³-hybridized carbons (Fsp3) is 0.562. The summed E-state index contributed by atoms with van der Waals surface area (Å²) in [6, 6.07) is 5.86. The van der Waals surface area contributed by atoms with E-state index in [1.165, 1.54) is 12.8 Å². The Bertz CT molecular complexity index is 608. The number of imidazole rings is 1. The second kappa shape index (κ2) is 6.99. The molecule has 1 aliphatic rings. The van der Waals surface area contributed by atoms with Gasteiger partial charge in [-0.2, -0.15) is 0 Å². The van der Waals surface area contributed by atoms with Crippen molar-refractivity contribution in [1.29, 1.82) is 0 Å². The van der Waals surface area contributed by atoms with Gasteiger partial charge in [0.1, 0.15) is 5.82 Å². The smallest absolute Gasteiger partial charge is 0.111 e. The first kappa shape index (κ1) is 15.1. The van der Waals surface area contributed by atoms with Crippen LogP contribution in [-0.4, -0.2) is 28.6 Å². The number of halogens is 2. The Kier molecular flexibility index (Phi) is 5.04. The lowest BCUT2D eigenvalue weighted by Crippen LogP contribution is -2.08. The third-order valence-corrected chi connectivity index (χ3v) is 4.25. The molecule has 0 saturated heterocycles. The Hall–Kier alpha value is -0.770. The average Bonchev–Trinajstić information content (AvgIpc) is 3.22. The van der Waals surface area contributed by atoms with Crippen LogP contribution in [0.2, 0.25) is 5.02 Å². The standard InChI is InChI=1S/C16H20Cl2N2O/c17-7-6-16-19-14-10-13(18)4-5-15(14)20(16)8-1-9-21-11-12-2-3-12/h4-5,10,12H,1-3,6-9,11H2. The van der Waals surface area contributed by atoms with Crippen LogP contribution in [0, 0.1) is 5.92 Å². The van der Waals surface area contributed by atoms with E-state index in [1.807, 2.05) is 18.2 Å². The summed E-state index contributed by atoms with van der Waals surface area (Å²) in [5.41, 5.74) is 2.07. The molecule has 1 aromatic heterocycles. The van der Waals surface area contributed by atoms with E-state index in [1.54, 1.807) is 0 Å². The van der Waals surface area contributed by atoms with E-state index in [-0.39, 0.29) is 0 Å². The van der Waals surface area contributed by atoms with Crippen LogP contribution in [0.3, 0.4) is 0 Å². The number of aromatic nitrogens is 2. The maximum Gasteiger partial charge on any atom is 0.111 e. The zero-order chi connectivity index (χ0) is 14.7. The highest BCUT2D eigenvalue weighted by Crippen LogP contribution is 2.28. The zero-order valence-corrected chi connectivity index (χ0v) is 13.5. The first-order chi connectivity index (χ1) is 10.3. The molecule has 0 bridgehead atoms. The Morgan fingerprint density at radius 1 is 1.33 bits per heavy atom. The van der Waals surface area contributed by atoms with E-state index in [4.69, 9.17) is 27.9 Å². The first-order valence-corrected chi connectivity index (χ1v) is 8.47. The second-order valence-electron chi connectivity index (χ2n) is 5.62. The molecule has 114 valence electrons. The molecule has 2 aromatic rings. The lowest BCUT2D eigenvalue weighted by Gasteiger charge is -2.09. The lowest BCUT2D eigenvalue weighted by atomic mass is 10.3. The number of aryl methyl sites for hydroxylation is 2. The minimum Gasteiger partial charge on any atom is -0.381 e. The third-order valence-electron chi connectivity index (χ3n) is 3.83. The normalized spacial score (nSPS) is 15.0. The van der Waals surface area contributed by atoms with Gasteiger partial charge in [-0.25, -0.2) is 4.98 Å². The molecule has 0 radical (unpaired) electrons. The van der Waals surface area contributed by atoms with Crippen LogP contribution in [0.5, 0.6) is 0 Å². The van der Waals surface area contributed by atoms with Crippen molar-refractivity contribution in [2.24, 2.45) is 5.92 Å². The van der Waals surface area contributed by atoms with Gasteiger partial charge in [0.2, 0.25) is 0 Å². The molecule has 0 atom stereocenters. The first-order valence-electron chi connectivity index (χ1n) is 7.56. The highest BCUT2D eigenvalue weighted by molar-refractivity contribution is 6.31. The van der Waals surface area contributed by atoms with E-state index in [2.05, 4.69) is 9.55 Å². The highest BCUT2D eigenvalue weighted by Gasteiger charge is 2.20. The van der Waals surface area contributed by atoms with Crippen LogP contribution in [0.25, 0.3) is 11.0 Å². The summed E-state index contributed by atoms with van der Waals surface area (Å²) in [5, 5.41) is 0.720. The molecule has 0 spiro atoms. The average molecular weight is 327 g/mol. The second-order valence-corrected chi connectivity index (χ2v) is 6.44. The molecule has 1 aromatic carbocycles. The van der Waals surface area contributed by atoms with Crippen LogP contribution in [0.1, 0.15) is 25.1 Å². The van der Waals surface area contributed by atoms with Crippen molar-refractivity contribution in [2.75, 3.05) is 19.1 Å². The molecule has 21 heavy (non-hydrogen) atoms. The molecule has 1 aliphatic carbocycles. The number of nitrogens with zero attached hydrogens (tertiary/aromatic N) is 2. The molecule has 3 nitrogen and oxygen atoms in total. The number of alkyl halides is 1. The quantitative estimate of drug-likeness (QED) is 0.534. The molecular weight excluding hydrogens is 307 g/mol. The van der Waals surface area contributed by atoms with E-state index in [9.17, 15) is 0 Å². The summed E-state index contributed by atoms with van der Waals surface area (Å²) in [7, 11) is 0. The predicted octanol–water partition coefficient (Wildman–Crippen LogP) is 4.29. The monoisotopic (exact) mass is 326 g/mol. The number of hydrogen-bond acceptors (Lipinski definition) is 2. The largest absolute Gasteiger partial charge is 0.381 e. The minimum absolute atomic E-state index is 0.579. The van der Waals surface area contributed by atoms with Crippen molar-refractivity contribution in [3.63, 3.8) is 0 Å². The van der Waals surface area contributed by atoms with Gasteiger partial charge in [0.05, 0.1) is 11.0 Å². The summed E-state index contributed by atoms with van der Waals surface area (Å²) in [6.45, 7) is 2.65. The van der Waals surface area contributed by atoms with Crippen molar-refractivity contribution in [3.8, 4) is 0 Å². The summed E-state index contributed by atoms with van der Waals surface area (Å²) in [5.74, 6) is 2.44. The third kappa shape index (κ3) is 3.91. The van der Waals surface area contributed by atoms with Gasteiger partial charge in [0.15, 0.2) is 0 Å². The van der Waals surface area contributed by atoms with Gasteiger partial charge in [-0.1, -0.05) is 11.6 Å². The van der Waals surface area contributed by atoms with E-state index in [0.29, 0.717) is 5.88 Å². The van der Waals surface area contributed by atoms with Crippen LogP contribution >= 0.6 is 23.2 Å². The van der Waals surface area contributed by atoms with Crippen LogP contribution < -0.4 is 0 Å². The van der Waals surface area contributed by atoms with Crippen molar-refractivity contribution in [2.45, 2.75) is 32.2 Å². The molecule has 1 heterocycles. The van der Waals surface area contributed by atoms with Gasteiger partial charge >= 0.3 is 0 Å². The predicted molar refractivity (Wildman–Crippen MR) is 87.3 cm³/mol. The van der Waals surface area contributed by atoms with Crippen LogP contribution in [-0.2, 0) is 17.7 Å². The van der Waals surface area contributed by atoms with Crippen LogP contribution in [0.4, 0.5) is 0 Å². The van der Waals surface area contributed by atoms with Crippen molar-refractivity contribution in [1.82, 2.24) is 9.55 Å². The Morgan fingerprint density at radius 2 is 2.19 bits per heavy atom. The topological polar surface area (TPSA) is 27.1 Å². The van der Waals surface area contributed by atoms with Crippen molar-refractivity contribution in [3.05, 3.63) is 29.0 Å². The maximum absolute atomic E-state index is 6.04. The molecule has 1 fully saturated rings. The molecule has 0 N–H and O–H groups in total. The minimum atomic E-state index is 0.579. The van der Waals surface area contributed by atoms with Crippen molar-refractivity contribution >= 4 is 34.2 Å². The maximum atomic E-state index is 6.04. The molecule has 3 rings (SSSR count). The molecule has 5 heteroatoms. The van der Waals surface area contributed by atoms with E-state index in [0.717, 1.165) is 60.4 Å². The van der Waals surface area contributed by atoms with Crippen LogP contribution in [0.15, 0.2) is 18.2 Å². The van der Waals surface area contributed by atoms with Gasteiger partial charge in [0.25, 0.3) is 0 Å². The Morgan fingerprint density at radius 3 is 2.95 bits per heavy atom. The molecule has 0 amide bonds. The Labute approximate surface area is 135 Å². The summed E-state index contributed by atoms with van der Waals surface area (Å²) in [4.78, 5) is 4.65. The summed E-state index contributed by atoms with van der Waals surface area (Å²) < 4.78 is 7.95. The van der Waals surface area contributed by atoms with E-state index >= 15 is 0 Å². The van der Waals surface area contributed by atoms with Gasteiger partial charge in [-0.05, 0) is 43.4 Å². The molecule has 0 aliphatic heterocycles. The van der Waals surface area contributed by atoms with Gasteiger partial charge in [-0.3, -0.25) is 0 Å². The number of rotatable bonds is 8. The lowest BCUT2D eigenvalue weighted by molar-refractivity contribution is 0.119. The number of hydrogen-bond donors (Lipinski definition) is 0. The van der Waals surface area contributed by atoms with Gasteiger partial charge < -0.3 is 9.30 Å². The van der Waals surface area contributed by atoms with Crippen molar-refractivity contribution < 1.29 is 4.74 Å². The van der Waals surface area contributed by atoms with Gasteiger partial charge in [0, 0.05) is 37.1 Å². The van der Waals surface area contributed by atoms with Gasteiger partial charge in [-0.15, -0.1) is 11.6 Å². The molecule has 0 unspecified atom stereocenters. The number of ether oxygens (including phenoxy) is 1. The molecule has 1 saturated carbocycles. The van der Waals surface area contributed by atoms with E-state index < -0.39 is 0 Å². The fourth-order valence-corrected chi connectivity index (χ4v) is 2.87. The molecular formula is C16H20Cl2N2O. The summed E-state index contributed by atoms with van der Waals surface area (Å²) >= 11 is 11.9. The number of benzene rings is 1. The summed E-state index contributed by atoms with van der Waals surface area (Å²) in [6.07, 6.45) is 4.45. The zero-order valence-electron chi connectivity index (χ0n) is 12.0.